The van der Waals surface area contributed by atoms with Crippen molar-refractivity contribution in [2.75, 3.05) is 0 Å². The van der Waals surface area contributed by atoms with Crippen LogP contribution in [0.15, 0.2) is 42.7 Å². The SMILES string of the molecule is CCc1c(C(=O)O)cnn1-c1ccc2ncccc2c1. The predicted octanol–water partition coefficient (Wildman–Crippen LogP) is 2.68. The Morgan fingerprint density at radius 1 is 1.35 bits per heavy atom. The average Bonchev–Trinajstić information content (AvgIpc) is 2.90. The zero-order valence-corrected chi connectivity index (χ0v) is 10.9. The number of hydrogen-bond donors (Lipinski definition) is 1. The van der Waals surface area contributed by atoms with Crippen LogP contribution in [0.1, 0.15) is 23.0 Å². The lowest BCUT2D eigenvalue weighted by Gasteiger charge is -2.07. The second kappa shape index (κ2) is 4.77. The third kappa shape index (κ3) is 1.93. The van der Waals surface area contributed by atoms with E-state index in [1.165, 1.54) is 6.20 Å². The van der Waals surface area contributed by atoms with Gasteiger partial charge in [0.2, 0.25) is 0 Å². The molecule has 0 aliphatic carbocycles. The molecule has 5 nitrogen and oxygen atoms in total. The number of pyridine rings is 1. The van der Waals surface area contributed by atoms with Gasteiger partial charge < -0.3 is 5.11 Å². The molecule has 0 amide bonds. The van der Waals surface area contributed by atoms with Gasteiger partial charge in [-0.25, -0.2) is 9.48 Å². The molecule has 1 aromatic carbocycles. The highest BCUT2D eigenvalue weighted by atomic mass is 16.4. The number of benzene rings is 1. The van der Waals surface area contributed by atoms with E-state index in [4.69, 9.17) is 5.11 Å². The van der Waals surface area contributed by atoms with Crippen molar-refractivity contribution in [2.24, 2.45) is 0 Å². The molecular formula is C15H13N3O2. The van der Waals surface area contributed by atoms with Gasteiger partial charge in [-0.15, -0.1) is 0 Å². The molecule has 0 unspecified atom stereocenters. The van der Waals surface area contributed by atoms with Gasteiger partial charge in [-0.1, -0.05) is 13.0 Å². The molecular weight excluding hydrogens is 254 g/mol. The molecule has 0 radical (unpaired) electrons. The Balaban J connectivity index is 2.18. The summed E-state index contributed by atoms with van der Waals surface area (Å²) in [6, 6.07) is 9.61. The van der Waals surface area contributed by atoms with Crippen molar-refractivity contribution < 1.29 is 9.90 Å². The molecule has 0 bridgehead atoms. The van der Waals surface area contributed by atoms with E-state index in [0.717, 1.165) is 16.6 Å². The van der Waals surface area contributed by atoms with Gasteiger partial charge in [0.25, 0.3) is 0 Å². The Hall–Kier alpha value is -2.69. The third-order valence-electron chi connectivity index (χ3n) is 3.27. The molecule has 0 spiro atoms. The van der Waals surface area contributed by atoms with Crippen LogP contribution in [0.5, 0.6) is 0 Å². The number of carboxylic acid groups (broad SMARTS) is 1. The molecule has 5 heteroatoms. The lowest BCUT2D eigenvalue weighted by molar-refractivity contribution is 0.0695. The highest BCUT2D eigenvalue weighted by Crippen LogP contribution is 2.20. The Bertz CT molecular complexity index is 793. The zero-order chi connectivity index (χ0) is 14.1. The Kier molecular flexibility index (Phi) is 2.95. The first-order valence-corrected chi connectivity index (χ1v) is 6.36. The summed E-state index contributed by atoms with van der Waals surface area (Å²) < 4.78 is 1.68. The van der Waals surface area contributed by atoms with Gasteiger partial charge in [-0.05, 0) is 30.7 Å². The van der Waals surface area contributed by atoms with E-state index in [0.29, 0.717) is 12.1 Å². The van der Waals surface area contributed by atoms with E-state index >= 15 is 0 Å². The highest BCUT2D eigenvalue weighted by Gasteiger charge is 2.16. The Morgan fingerprint density at radius 2 is 2.20 bits per heavy atom. The summed E-state index contributed by atoms with van der Waals surface area (Å²) in [4.78, 5) is 15.4. The topological polar surface area (TPSA) is 68.0 Å². The molecule has 0 aliphatic rings. The van der Waals surface area contributed by atoms with Crippen molar-refractivity contribution in [2.45, 2.75) is 13.3 Å². The number of aromatic nitrogens is 3. The molecule has 0 saturated carbocycles. The minimum atomic E-state index is -0.949. The molecule has 0 aliphatic heterocycles. The lowest BCUT2D eigenvalue weighted by atomic mass is 10.1. The molecule has 3 aromatic rings. The minimum absolute atomic E-state index is 0.249. The molecule has 20 heavy (non-hydrogen) atoms. The van der Waals surface area contributed by atoms with E-state index in [9.17, 15) is 4.79 Å². The number of carboxylic acids is 1. The maximum Gasteiger partial charge on any atom is 0.339 e. The van der Waals surface area contributed by atoms with Crippen molar-refractivity contribution in [3.63, 3.8) is 0 Å². The predicted molar refractivity (Wildman–Crippen MR) is 75.2 cm³/mol. The fourth-order valence-electron chi connectivity index (χ4n) is 2.31. The molecule has 2 aromatic heterocycles. The summed E-state index contributed by atoms with van der Waals surface area (Å²) >= 11 is 0. The first-order valence-electron chi connectivity index (χ1n) is 6.36. The van der Waals surface area contributed by atoms with Gasteiger partial charge in [0.1, 0.15) is 5.56 Å². The van der Waals surface area contributed by atoms with Crippen LogP contribution in [-0.4, -0.2) is 25.8 Å². The van der Waals surface area contributed by atoms with Gasteiger partial charge in [0.15, 0.2) is 0 Å². The van der Waals surface area contributed by atoms with Crippen molar-refractivity contribution in [1.82, 2.24) is 14.8 Å². The van der Waals surface area contributed by atoms with Crippen molar-refractivity contribution in [3.05, 3.63) is 54.0 Å². The fraction of sp³-hybridized carbons (Fsp3) is 0.133. The number of hydrogen-bond acceptors (Lipinski definition) is 3. The van der Waals surface area contributed by atoms with E-state index in [2.05, 4.69) is 10.1 Å². The summed E-state index contributed by atoms with van der Waals surface area (Å²) in [6.45, 7) is 1.92. The third-order valence-corrected chi connectivity index (χ3v) is 3.27. The van der Waals surface area contributed by atoms with E-state index in [-0.39, 0.29) is 5.56 Å². The number of rotatable bonds is 3. The molecule has 1 N–H and O–H groups in total. The average molecular weight is 267 g/mol. The van der Waals surface area contributed by atoms with Gasteiger partial charge in [0, 0.05) is 11.6 Å². The summed E-state index contributed by atoms with van der Waals surface area (Å²) in [7, 11) is 0. The van der Waals surface area contributed by atoms with Crippen molar-refractivity contribution >= 4 is 16.9 Å². The van der Waals surface area contributed by atoms with Crippen LogP contribution in [0.2, 0.25) is 0 Å². The van der Waals surface area contributed by atoms with Gasteiger partial charge >= 0.3 is 5.97 Å². The fourth-order valence-corrected chi connectivity index (χ4v) is 2.31. The van der Waals surface area contributed by atoms with Gasteiger partial charge in [0.05, 0.1) is 23.1 Å². The normalized spacial score (nSPS) is 10.8. The molecule has 0 fully saturated rings. The standard InChI is InChI=1S/C15H13N3O2/c1-2-14-12(15(19)20)9-17-18(14)11-5-6-13-10(8-11)4-3-7-16-13/h3-9H,2H2,1H3,(H,19,20). The zero-order valence-electron chi connectivity index (χ0n) is 10.9. The lowest BCUT2D eigenvalue weighted by Crippen LogP contribution is -2.05. The smallest absolute Gasteiger partial charge is 0.339 e. The molecule has 0 atom stereocenters. The summed E-state index contributed by atoms with van der Waals surface area (Å²) in [5.74, 6) is -0.949. The van der Waals surface area contributed by atoms with Crippen LogP contribution in [0.3, 0.4) is 0 Å². The van der Waals surface area contributed by atoms with E-state index in [1.807, 2.05) is 37.3 Å². The first kappa shape index (κ1) is 12.3. The van der Waals surface area contributed by atoms with E-state index in [1.54, 1.807) is 10.9 Å². The summed E-state index contributed by atoms with van der Waals surface area (Å²) in [5.41, 5.74) is 2.69. The van der Waals surface area contributed by atoms with Gasteiger partial charge in [-0.3, -0.25) is 4.98 Å². The van der Waals surface area contributed by atoms with Crippen LogP contribution in [0.25, 0.3) is 16.6 Å². The second-order valence-corrected chi connectivity index (χ2v) is 4.46. The van der Waals surface area contributed by atoms with Crippen LogP contribution >= 0.6 is 0 Å². The molecule has 2 heterocycles. The minimum Gasteiger partial charge on any atom is -0.478 e. The maximum absolute atomic E-state index is 11.2. The van der Waals surface area contributed by atoms with Crippen molar-refractivity contribution in [3.8, 4) is 5.69 Å². The van der Waals surface area contributed by atoms with Crippen LogP contribution in [0.4, 0.5) is 0 Å². The Labute approximate surface area is 115 Å². The molecule has 100 valence electrons. The molecule has 3 rings (SSSR count). The van der Waals surface area contributed by atoms with Gasteiger partial charge in [-0.2, -0.15) is 5.10 Å². The summed E-state index contributed by atoms with van der Waals surface area (Å²) in [5, 5.41) is 14.4. The summed E-state index contributed by atoms with van der Waals surface area (Å²) in [6.07, 6.45) is 3.75. The number of carbonyl (C=O) groups is 1. The highest BCUT2D eigenvalue weighted by molar-refractivity contribution is 5.89. The van der Waals surface area contributed by atoms with Crippen LogP contribution < -0.4 is 0 Å². The first-order chi connectivity index (χ1) is 9.70. The van der Waals surface area contributed by atoms with Crippen LogP contribution in [-0.2, 0) is 6.42 Å². The molecule has 0 saturated heterocycles. The van der Waals surface area contributed by atoms with Crippen molar-refractivity contribution in [1.29, 1.82) is 0 Å². The largest absolute Gasteiger partial charge is 0.478 e. The number of fused-ring (bicyclic) bond motifs is 1. The monoisotopic (exact) mass is 267 g/mol. The maximum atomic E-state index is 11.2. The number of nitrogens with zero attached hydrogens (tertiary/aromatic N) is 3. The van der Waals surface area contributed by atoms with Crippen LogP contribution in [0, 0.1) is 0 Å². The quantitative estimate of drug-likeness (QED) is 0.792. The second-order valence-electron chi connectivity index (χ2n) is 4.46. The number of aromatic carboxylic acids is 1. The van der Waals surface area contributed by atoms with E-state index < -0.39 is 5.97 Å². The Morgan fingerprint density at radius 3 is 2.95 bits per heavy atom.